The predicted molar refractivity (Wildman–Crippen MR) is 106 cm³/mol. The zero-order valence-electron chi connectivity index (χ0n) is 14.7. The van der Waals surface area contributed by atoms with Crippen molar-refractivity contribution < 1.29 is 4.79 Å². The number of pyridine rings is 1. The fourth-order valence-corrected chi connectivity index (χ4v) is 2.86. The van der Waals surface area contributed by atoms with Crippen LogP contribution in [0.3, 0.4) is 0 Å². The number of primary amides is 1. The quantitative estimate of drug-likeness (QED) is 0.509. The van der Waals surface area contributed by atoms with Crippen LogP contribution in [0.25, 0.3) is 16.9 Å². The summed E-state index contributed by atoms with van der Waals surface area (Å²) in [7, 11) is 1.89. The normalized spacial score (nSPS) is 10.7. The van der Waals surface area contributed by atoms with E-state index in [2.05, 4.69) is 26.8 Å². The minimum absolute atomic E-state index is 0.454. The molecule has 0 unspecified atom stereocenters. The van der Waals surface area contributed by atoms with Crippen molar-refractivity contribution in [1.29, 1.82) is 0 Å². The minimum Gasteiger partial charge on any atom is -0.388 e. The van der Waals surface area contributed by atoms with Crippen LogP contribution in [-0.4, -0.2) is 27.6 Å². The summed E-state index contributed by atoms with van der Waals surface area (Å²) in [5.74, 6) is 0.0138. The Bertz CT molecular complexity index is 1120. The summed E-state index contributed by atoms with van der Waals surface area (Å²) in [6.07, 6.45) is 0. The number of nitrogens with one attached hydrogen (secondary N) is 2. The Hall–Kier alpha value is -3.87. The van der Waals surface area contributed by atoms with E-state index in [-0.39, 0.29) is 0 Å². The molecule has 2 heterocycles. The Morgan fingerprint density at radius 2 is 1.78 bits per heavy atom. The lowest BCUT2D eigenvalue weighted by Crippen LogP contribution is -2.10. The molecule has 4 rings (SSSR count). The number of benzene rings is 2. The Morgan fingerprint density at radius 3 is 2.52 bits per heavy atom. The van der Waals surface area contributed by atoms with E-state index >= 15 is 0 Å². The van der Waals surface area contributed by atoms with Crippen LogP contribution in [0.5, 0.6) is 0 Å². The first kappa shape index (κ1) is 16.6. The first-order valence-corrected chi connectivity index (χ1v) is 8.45. The molecule has 7 heteroatoms. The van der Waals surface area contributed by atoms with Gasteiger partial charge in [-0.15, -0.1) is 5.10 Å². The molecule has 2 aromatic heterocycles. The first-order chi connectivity index (χ1) is 13.1. The van der Waals surface area contributed by atoms with Crippen LogP contribution >= 0.6 is 0 Å². The average molecular weight is 358 g/mol. The molecule has 1 amide bonds. The van der Waals surface area contributed by atoms with Crippen LogP contribution in [0.15, 0.2) is 66.7 Å². The number of anilines is 3. The SMILES string of the molecule is CNc1cccc(-c2cccc3nc(Nc4ccc(C(N)=O)cc4)nn23)c1. The summed E-state index contributed by atoms with van der Waals surface area (Å²) in [5, 5.41) is 10.9. The Labute approximate surface area is 155 Å². The highest BCUT2D eigenvalue weighted by Gasteiger charge is 2.10. The summed E-state index contributed by atoms with van der Waals surface area (Å²) < 4.78 is 1.80. The molecule has 27 heavy (non-hydrogen) atoms. The van der Waals surface area contributed by atoms with Gasteiger partial charge >= 0.3 is 0 Å². The number of nitrogens with two attached hydrogens (primary N) is 1. The molecule has 0 aliphatic rings. The maximum Gasteiger partial charge on any atom is 0.248 e. The molecular formula is C20H18N6O. The lowest BCUT2D eigenvalue weighted by atomic mass is 10.1. The number of nitrogens with zero attached hydrogens (tertiary/aromatic N) is 3. The van der Waals surface area contributed by atoms with E-state index in [1.165, 1.54) is 0 Å². The van der Waals surface area contributed by atoms with Gasteiger partial charge in [-0.25, -0.2) is 4.52 Å². The third-order valence-electron chi connectivity index (χ3n) is 4.23. The molecule has 0 aliphatic carbocycles. The molecule has 134 valence electrons. The van der Waals surface area contributed by atoms with Crippen LogP contribution < -0.4 is 16.4 Å². The van der Waals surface area contributed by atoms with Gasteiger partial charge in [-0.2, -0.15) is 4.98 Å². The molecule has 0 saturated carbocycles. The predicted octanol–water partition coefficient (Wildman–Crippen LogP) is 3.28. The summed E-state index contributed by atoms with van der Waals surface area (Å²) in [4.78, 5) is 15.7. The number of hydrogen-bond donors (Lipinski definition) is 3. The van der Waals surface area contributed by atoms with Crippen molar-refractivity contribution in [3.63, 3.8) is 0 Å². The second-order valence-electron chi connectivity index (χ2n) is 6.01. The van der Waals surface area contributed by atoms with Crippen molar-refractivity contribution in [2.75, 3.05) is 17.7 Å². The van der Waals surface area contributed by atoms with Gasteiger partial charge in [-0.05, 0) is 48.5 Å². The molecule has 2 aromatic carbocycles. The summed E-state index contributed by atoms with van der Waals surface area (Å²) in [6, 6.07) is 20.8. The molecule has 0 saturated heterocycles. The third kappa shape index (κ3) is 3.30. The highest BCUT2D eigenvalue weighted by molar-refractivity contribution is 5.93. The van der Waals surface area contributed by atoms with Crippen molar-refractivity contribution in [1.82, 2.24) is 14.6 Å². The van der Waals surface area contributed by atoms with Gasteiger partial charge in [-0.1, -0.05) is 18.2 Å². The van der Waals surface area contributed by atoms with E-state index in [1.807, 2.05) is 43.4 Å². The van der Waals surface area contributed by atoms with Gasteiger partial charge in [0.2, 0.25) is 11.9 Å². The largest absolute Gasteiger partial charge is 0.388 e. The zero-order valence-corrected chi connectivity index (χ0v) is 14.7. The number of hydrogen-bond acceptors (Lipinski definition) is 5. The molecule has 0 bridgehead atoms. The Morgan fingerprint density at radius 1 is 1.00 bits per heavy atom. The number of aromatic nitrogens is 3. The topological polar surface area (TPSA) is 97.3 Å². The van der Waals surface area contributed by atoms with E-state index in [0.29, 0.717) is 11.5 Å². The van der Waals surface area contributed by atoms with Crippen molar-refractivity contribution in [3.05, 3.63) is 72.3 Å². The van der Waals surface area contributed by atoms with Crippen molar-refractivity contribution in [3.8, 4) is 11.3 Å². The van der Waals surface area contributed by atoms with E-state index in [9.17, 15) is 4.79 Å². The number of carbonyl (C=O) groups is 1. The molecule has 0 spiro atoms. The fraction of sp³-hybridized carbons (Fsp3) is 0.0500. The maximum atomic E-state index is 11.2. The molecule has 0 radical (unpaired) electrons. The monoisotopic (exact) mass is 358 g/mol. The lowest BCUT2D eigenvalue weighted by Gasteiger charge is -2.06. The van der Waals surface area contributed by atoms with Crippen molar-refractivity contribution >= 4 is 28.9 Å². The Kier molecular flexibility index (Phi) is 4.18. The highest BCUT2D eigenvalue weighted by atomic mass is 16.1. The standard InChI is InChI=1S/C20H18N6O/c1-22-16-5-2-4-14(12-16)17-6-3-7-18-24-20(25-26(17)18)23-15-10-8-13(9-11-15)19(21)27/h2-12,22H,1H3,(H2,21,27)(H,23,25). The third-order valence-corrected chi connectivity index (χ3v) is 4.23. The van der Waals surface area contributed by atoms with E-state index in [4.69, 9.17) is 5.73 Å². The summed E-state index contributed by atoms with van der Waals surface area (Å²) >= 11 is 0. The molecule has 0 aliphatic heterocycles. The highest BCUT2D eigenvalue weighted by Crippen LogP contribution is 2.24. The second-order valence-corrected chi connectivity index (χ2v) is 6.01. The van der Waals surface area contributed by atoms with Crippen LogP contribution in [0, 0.1) is 0 Å². The van der Waals surface area contributed by atoms with E-state index < -0.39 is 5.91 Å². The molecule has 7 nitrogen and oxygen atoms in total. The summed E-state index contributed by atoms with van der Waals surface area (Å²) in [5.41, 5.74) is 10.2. The molecule has 4 N–H and O–H groups in total. The molecular weight excluding hydrogens is 340 g/mol. The molecule has 4 aromatic rings. The van der Waals surface area contributed by atoms with Crippen LogP contribution in [0.2, 0.25) is 0 Å². The van der Waals surface area contributed by atoms with Crippen molar-refractivity contribution in [2.45, 2.75) is 0 Å². The molecule has 0 atom stereocenters. The average Bonchev–Trinajstić information content (AvgIpc) is 3.10. The van der Waals surface area contributed by atoms with E-state index in [1.54, 1.807) is 28.8 Å². The number of rotatable bonds is 5. The lowest BCUT2D eigenvalue weighted by molar-refractivity contribution is 0.100. The summed E-state index contributed by atoms with van der Waals surface area (Å²) in [6.45, 7) is 0. The van der Waals surface area contributed by atoms with Gasteiger partial charge in [0.25, 0.3) is 0 Å². The fourth-order valence-electron chi connectivity index (χ4n) is 2.86. The van der Waals surface area contributed by atoms with Crippen LogP contribution in [0.4, 0.5) is 17.3 Å². The van der Waals surface area contributed by atoms with Crippen LogP contribution in [0.1, 0.15) is 10.4 Å². The van der Waals surface area contributed by atoms with E-state index in [0.717, 1.165) is 28.3 Å². The van der Waals surface area contributed by atoms with Gasteiger partial charge in [0.05, 0.1) is 5.69 Å². The number of carbonyl (C=O) groups excluding carboxylic acids is 1. The maximum absolute atomic E-state index is 11.2. The van der Waals surface area contributed by atoms with Gasteiger partial charge in [0, 0.05) is 29.5 Å². The molecule has 0 fully saturated rings. The van der Waals surface area contributed by atoms with Gasteiger partial charge in [0.15, 0.2) is 5.65 Å². The van der Waals surface area contributed by atoms with Crippen LogP contribution in [-0.2, 0) is 0 Å². The van der Waals surface area contributed by atoms with Gasteiger partial charge in [-0.3, -0.25) is 4.79 Å². The Balaban J connectivity index is 1.69. The number of amides is 1. The number of fused-ring (bicyclic) bond motifs is 1. The zero-order chi connectivity index (χ0) is 18.8. The second kappa shape index (κ2) is 6.80. The first-order valence-electron chi connectivity index (χ1n) is 8.45. The van der Waals surface area contributed by atoms with Gasteiger partial charge < -0.3 is 16.4 Å². The minimum atomic E-state index is -0.458. The van der Waals surface area contributed by atoms with Crippen molar-refractivity contribution in [2.24, 2.45) is 5.73 Å². The smallest absolute Gasteiger partial charge is 0.248 e. The van der Waals surface area contributed by atoms with Gasteiger partial charge in [0.1, 0.15) is 0 Å².